The SMILES string of the molecule is COc1ccc2c(c1)C(CC(=O)c1ccc(NC(C)=O)cc1)=NC(C)(C)S2. The Hall–Kier alpha value is -2.60. The van der Waals surface area contributed by atoms with Gasteiger partial charge in [-0.2, -0.15) is 0 Å². The lowest BCUT2D eigenvalue weighted by molar-refractivity contribution is -0.114. The summed E-state index contributed by atoms with van der Waals surface area (Å²) in [7, 11) is 1.63. The summed E-state index contributed by atoms with van der Waals surface area (Å²) in [6.07, 6.45) is 0.212. The zero-order chi connectivity index (χ0) is 19.6. The van der Waals surface area contributed by atoms with Crippen molar-refractivity contribution in [3.8, 4) is 5.75 Å². The third-order valence-corrected chi connectivity index (χ3v) is 5.28. The number of carbonyl (C=O) groups excluding carboxylic acids is 2. The van der Waals surface area contributed by atoms with Crippen LogP contribution in [-0.2, 0) is 4.79 Å². The number of aliphatic imine (C=N–C) groups is 1. The van der Waals surface area contributed by atoms with Gasteiger partial charge in [-0.1, -0.05) is 11.8 Å². The Labute approximate surface area is 163 Å². The van der Waals surface area contributed by atoms with E-state index in [0.29, 0.717) is 11.3 Å². The van der Waals surface area contributed by atoms with Crippen LogP contribution in [0, 0.1) is 0 Å². The van der Waals surface area contributed by atoms with Gasteiger partial charge in [0.05, 0.1) is 19.2 Å². The van der Waals surface area contributed by atoms with Gasteiger partial charge >= 0.3 is 0 Å². The van der Waals surface area contributed by atoms with Crippen LogP contribution in [0.15, 0.2) is 52.4 Å². The Morgan fingerprint density at radius 1 is 1.15 bits per heavy atom. The van der Waals surface area contributed by atoms with Gasteiger partial charge < -0.3 is 10.1 Å². The second-order valence-corrected chi connectivity index (χ2v) is 8.47. The van der Waals surface area contributed by atoms with Crippen molar-refractivity contribution in [3.63, 3.8) is 0 Å². The molecule has 1 aliphatic rings. The summed E-state index contributed by atoms with van der Waals surface area (Å²) in [6, 6.07) is 12.8. The van der Waals surface area contributed by atoms with Gasteiger partial charge in [0.1, 0.15) is 10.6 Å². The van der Waals surface area contributed by atoms with E-state index < -0.39 is 0 Å². The van der Waals surface area contributed by atoms with Crippen molar-refractivity contribution in [2.24, 2.45) is 4.99 Å². The molecule has 0 fully saturated rings. The zero-order valence-corrected chi connectivity index (χ0v) is 16.6. The third kappa shape index (κ3) is 4.57. The van der Waals surface area contributed by atoms with Gasteiger partial charge in [0.15, 0.2) is 5.78 Å². The Balaban J connectivity index is 1.86. The third-order valence-electron chi connectivity index (χ3n) is 4.12. The maximum atomic E-state index is 12.8. The minimum Gasteiger partial charge on any atom is -0.497 e. The van der Waals surface area contributed by atoms with Crippen molar-refractivity contribution in [3.05, 3.63) is 53.6 Å². The molecule has 1 aliphatic heterocycles. The average molecular weight is 382 g/mol. The standard InChI is InChI=1S/C21H22N2O3S/c1-13(24)22-15-7-5-14(6-8-15)19(25)12-18-17-11-16(26-4)9-10-20(17)27-21(2,3)23-18/h5-11H,12H2,1-4H3,(H,22,24). The lowest BCUT2D eigenvalue weighted by Crippen LogP contribution is -2.23. The molecule has 1 N–H and O–H groups in total. The van der Waals surface area contributed by atoms with Crippen LogP contribution in [0.25, 0.3) is 0 Å². The molecule has 0 radical (unpaired) electrons. The molecule has 2 aromatic rings. The summed E-state index contributed by atoms with van der Waals surface area (Å²) in [5.74, 6) is 0.587. The molecule has 0 saturated carbocycles. The van der Waals surface area contributed by atoms with E-state index in [1.54, 1.807) is 43.1 Å². The Bertz CT molecular complexity index is 918. The number of methoxy groups -OCH3 is 1. The maximum absolute atomic E-state index is 12.8. The molecule has 140 valence electrons. The number of nitrogens with zero attached hydrogens (tertiary/aromatic N) is 1. The molecule has 0 aliphatic carbocycles. The smallest absolute Gasteiger partial charge is 0.221 e. The molecule has 0 saturated heterocycles. The number of Topliss-reactive ketones (excluding diaryl/α,β-unsaturated/α-hetero) is 1. The first-order valence-electron chi connectivity index (χ1n) is 8.64. The molecule has 2 aromatic carbocycles. The van der Waals surface area contributed by atoms with Crippen LogP contribution in [0.2, 0.25) is 0 Å². The Morgan fingerprint density at radius 2 is 1.85 bits per heavy atom. The predicted molar refractivity (Wildman–Crippen MR) is 109 cm³/mol. The average Bonchev–Trinajstić information content (AvgIpc) is 2.60. The molecule has 3 rings (SSSR count). The van der Waals surface area contributed by atoms with Gasteiger partial charge in [0.2, 0.25) is 5.91 Å². The number of anilines is 1. The maximum Gasteiger partial charge on any atom is 0.221 e. The van der Waals surface area contributed by atoms with E-state index in [-0.39, 0.29) is 23.0 Å². The largest absolute Gasteiger partial charge is 0.497 e. The van der Waals surface area contributed by atoms with Crippen LogP contribution in [0.4, 0.5) is 5.69 Å². The first-order valence-corrected chi connectivity index (χ1v) is 9.46. The minimum absolute atomic E-state index is 0.0143. The monoisotopic (exact) mass is 382 g/mol. The molecule has 0 bridgehead atoms. The van der Waals surface area contributed by atoms with Crippen molar-refractivity contribution in [1.82, 2.24) is 0 Å². The number of rotatable bonds is 5. The highest BCUT2D eigenvalue weighted by Gasteiger charge is 2.29. The molecular weight excluding hydrogens is 360 g/mol. The number of fused-ring (bicyclic) bond motifs is 1. The molecule has 0 spiro atoms. The number of nitrogens with one attached hydrogen (secondary N) is 1. The molecule has 6 heteroatoms. The van der Waals surface area contributed by atoms with Gasteiger partial charge in [-0.25, -0.2) is 0 Å². The highest BCUT2D eigenvalue weighted by atomic mass is 32.2. The van der Waals surface area contributed by atoms with E-state index in [2.05, 4.69) is 5.32 Å². The topological polar surface area (TPSA) is 67.8 Å². The fraction of sp³-hybridized carbons (Fsp3) is 0.286. The van der Waals surface area contributed by atoms with Gasteiger partial charge in [0, 0.05) is 28.6 Å². The summed E-state index contributed by atoms with van der Waals surface area (Å²) in [4.78, 5) is 29.5. The molecular formula is C21H22N2O3S. The normalized spacial score (nSPS) is 14.7. The molecule has 27 heavy (non-hydrogen) atoms. The Kier molecular flexibility index (Phi) is 5.37. The molecule has 0 unspecified atom stereocenters. The van der Waals surface area contributed by atoms with Crippen LogP contribution < -0.4 is 10.1 Å². The number of carbonyl (C=O) groups is 2. The number of ether oxygens (including phenoxy) is 1. The van der Waals surface area contributed by atoms with Crippen LogP contribution in [0.3, 0.4) is 0 Å². The quantitative estimate of drug-likeness (QED) is 0.770. The summed E-state index contributed by atoms with van der Waals surface area (Å²) < 4.78 is 5.33. The van der Waals surface area contributed by atoms with E-state index in [9.17, 15) is 9.59 Å². The number of benzene rings is 2. The predicted octanol–water partition coefficient (Wildman–Crippen LogP) is 4.56. The number of thioether (sulfide) groups is 1. The van der Waals surface area contributed by atoms with Crippen LogP contribution >= 0.6 is 11.8 Å². The number of ketones is 1. The highest BCUT2D eigenvalue weighted by Crippen LogP contribution is 2.42. The van der Waals surface area contributed by atoms with E-state index >= 15 is 0 Å². The number of amides is 1. The van der Waals surface area contributed by atoms with Gasteiger partial charge in [-0.05, 0) is 56.3 Å². The summed E-state index contributed by atoms with van der Waals surface area (Å²) in [6.45, 7) is 5.53. The number of hydrogen-bond donors (Lipinski definition) is 1. The lowest BCUT2D eigenvalue weighted by atomic mass is 9.99. The van der Waals surface area contributed by atoms with Crippen molar-refractivity contribution in [1.29, 1.82) is 0 Å². The van der Waals surface area contributed by atoms with E-state index in [1.165, 1.54) is 6.92 Å². The second kappa shape index (κ2) is 7.56. The molecule has 1 heterocycles. The lowest BCUT2D eigenvalue weighted by Gasteiger charge is -2.28. The Morgan fingerprint density at radius 3 is 2.48 bits per heavy atom. The van der Waals surface area contributed by atoms with Crippen molar-refractivity contribution in [2.75, 3.05) is 12.4 Å². The zero-order valence-electron chi connectivity index (χ0n) is 15.8. The molecule has 0 aromatic heterocycles. The molecule has 0 atom stereocenters. The van der Waals surface area contributed by atoms with E-state index in [1.807, 2.05) is 32.0 Å². The van der Waals surface area contributed by atoms with Gasteiger partial charge in [-0.15, -0.1) is 0 Å². The molecule has 1 amide bonds. The van der Waals surface area contributed by atoms with Crippen LogP contribution in [0.1, 0.15) is 43.1 Å². The highest BCUT2D eigenvalue weighted by molar-refractivity contribution is 8.00. The summed E-state index contributed by atoms with van der Waals surface area (Å²) in [5.41, 5.74) is 2.97. The van der Waals surface area contributed by atoms with Crippen molar-refractivity contribution < 1.29 is 14.3 Å². The van der Waals surface area contributed by atoms with E-state index in [0.717, 1.165) is 21.9 Å². The first kappa shape index (κ1) is 19.2. The van der Waals surface area contributed by atoms with Gasteiger partial charge in [0.25, 0.3) is 0 Å². The first-order chi connectivity index (χ1) is 12.8. The van der Waals surface area contributed by atoms with Crippen LogP contribution in [-0.4, -0.2) is 29.4 Å². The fourth-order valence-electron chi connectivity index (χ4n) is 2.96. The number of hydrogen-bond acceptors (Lipinski definition) is 5. The second-order valence-electron chi connectivity index (χ2n) is 6.83. The summed E-state index contributed by atoms with van der Waals surface area (Å²) >= 11 is 1.67. The van der Waals surface area contributed by atoms with Gasteiger partial charge in [-0.3, -0.25) is 14.6 Å². The molecule has 5 nitrogen and oxygen atoms in total. The minimum atomic E-state index is -0.327. The fourth-order valence-corrected chi connectivity index (χ4v) is 4.08. The summed E-state index contributed by atoms with van der Waals surface area (Å²) in [5, 5.41) is 2.70. The van der Waals surface area contributed by atoms with Crippen molar-refractivity contribution in [2.45, 2.75) is 37.0 Å². The van der Waals surface area contributed by atoms with Crippen molar-refractivity contribution >= 4 is 34.9 Å². The van der Waals surface area contributed by atoms with E-state index in [4.69, 9.17) is 9.73 Å². The van der Waals surface area contributed by atoms with Crippen LogP contribution in [0.5, 0.6) is 5.75 Å².